The van der Waals surface area contributed by atoms with E-state index in [2.05, 4.69) is 21.1 Å². The summed E-state index contributed by atoms with van der Waals surface area (Å²) >= 11 is 0. The zero-order chi connectivity index (χ0) is 28.7. The number of halogens is 3. The van der Waals surface area contributed by atoms with Crippen LogP contribution in [0.25, 0.3) is 28.2 Å². The number of allylic oxidation sites excluding steroid dienone is 1. The second kappa shape index (κ2) is 10.6. The monoisotopic (exact) mass is 563 g/mol. The summed E-state index contributed by atoms with van der Waals surface area (Å²) in [6.45, 7) is 1.57. The molecule has 1 N–H and O–H groups in total. The van der Waals surface area contributed by atoms with E-state index in [1.165, 1.54) is 25.3 Å². The van der Waals surface area contributed by atoms with Crippen LogP contribution in [0.1, 0.15) is 59.0 Å². The minimum absolute atomic E-state index is 0.0295. The molecule has 2 fully saturated rings. The lowest BCUT2D eigenvalue weighted by Gasteiger charge is -2.32. The Hall–Kier alpha value is -4.34. The van der Waals surface area contributed by atoms with Crippen LogP contribution in [0.3, 0.4) is 0 Å². The Morgan fingerprint density at radius 3 is 2.54 bits per heavy atom. The normalized spacial score (nSPS) is 16.5. The van der Waals surface area contributed by atoms with Gasteiger partial charge in [-0.25, -0.2) is 9.78 Å². The van der Waals surface area contributed by atoms with Gasteiger partial charge in [-0.05, 0) is 55.9 Å². The first kappa shape index (κ1) is 26.9. The van der Waals surface area contributed by atoms with Gasteiger partial charge < -0.3 is 19.3 Å². The lowest BCUT2D eigenvalue weighted by Crippen LogP contribution is -2.33. The second-order valence-electron chi connectivity index (χ2n) is 10.5. The zero-order valence-electron chi connectivity index (χ0n) is 22.3. The maximum Gasteiger partial charge on any atom is 0.417 e. The molecular weight excluding hydrogens is 535 g/mol. The number of hydrogen-bond acceptors (Lipinski definition) is 6. The zero-order valence-corrected chi connectivity index (χ0v) is 22.3. The maximum atomic E-state index is 13.8. The summed E-state index contributed by atoms with van der Waals surface area (Å²) in [6.07, 6.45) is 3.10. The fourth-order valence-electron chi connectivity index (χ4n) is 5.48. The molecule has 212 valence electrons. The third-order valence-electron chi connectivity index (χ3n) is 7.82. The number of piperidine rings is 1. The topological polar surface area (TPSA) is 88.7 Å². The smallest absolute Gasteiger partial charge is 0.417 e. The molecule has 1 saturated carbocycles. The number of alkyl halides is 3. The molecule has 0 radical (unpaired) electrons. The molecule has 4 aromatic rings. The highest BCUT2D eigenvalue weighted by atomic mass is 19.4. The second-order valence-corrected chi connectivity index (χ2v) is 10.5. The summed E-state index contributed by atoms with van der Waals surface area (Å²) in [5.74, 6) is 0.442. The predicted molar refractivity (Wildman–Crippen MR) is 148 cm³/mol. The molecule has 41 heavy (non-hydrogen) atoms. The van der Waals surface area contributed by atoms with Crippen molar-refractivity contribution in [1.82, 2.24) is 10.1 Å². The fourth-order valence-corrected chi connectivity index (χ4v) is 5.48. The van der Waals surface area contributed by atoms with Gasteiger partial charge in [0.1, 0.15) is 17.2 Å². The van der Waals surface area contributed by atoms with E-state index < -0.39 is 17.7 Å². The number of fused-ring (bicyclic) bond motifs is 1. The maximum absolute atomic E-state index is 13.8. The van der Waals surface area contributed by atoms with Crippen LogP contribution < -0.4 is 9.64 Å². The predicted octanol–water partition coefficient (Wildman–Crippen LogP) is 7.42. The Morgan fingerprint density at radius 1 is 1.10 bits per heavy atom. The van der Waals surface area contributed by atoms with Gasteiger partial charge in [-0.2, -0.15) is 13.2 Å². The number of benzene rings is 2. The van der Waals surface area contributed by atoms with Gasteiger partial charge in [0, 0.05) is 47.3 Å². The highest BCUT2D eigenvalue weighted by Gasteiger charge is 2.37. The SMILES string of the molecule is COc1cc(C(=O)O)nc2ccc(N3CCC(/C=C/c4c(-c5ccccc5C(F)(F)F)noc4C4CC4)CC3)cc12. The van der Waals surface area contributed by atoms with Crippen molar-refractivity contribution < 1.29 is 32.3 Å². The van der Waals surface area contributed by atoms with Crippen molar-refractivity contribution in [3.63, 3.8) is 0 Å². The van der Waals surface area contributed by atoms with E-state index in [4.69, 9.17) is 9.26 Å². The van der Waals surface area contributed by atoms with Crippen LogP contribution in [-0.2, 0) is 6.18 Å². The Morgan fingerprint density at radius 2 is 1.85 bits per heavy atom. The van der Waals surface area contributed by atoms with Crippen LogP contribution in [-0.4, -0.2) is 41.4 Å². The van der Waals surface area contributed by atoms with Gasteiger partial charge in [-0.1, -0.05) is 35.5 Å². The Labute approximate surface area is 234 Å². The molecule has 7 nitrogen and oxygen atoms in total. The standard InChI is InChI=1S/C31H28F3N3O4/c1-40-27-17-26(30(38)39)35-25-11-9-20(16-23(25)27)37-14-12-18(13-15-37)6-10-22-28(36-41-29(22)19-7-8-19)21-4-2-3-5-24(21)31(32,33)34/h2-6,9-11,16-19H,7-8,12-15H2,1H3,(H,38,39)/b10-6+. The van der Waals surface area contributed by atoms with Crippen molar-refractivity contribution in [3.8, 4) is 17.0 Å². The number of nitrogens with zero attached hydrogens (tertiary/aromatic N) is 3. The third kappa shape index (κ3) is 5.38. The summed E-state index contributed by atoms with van der Waals surface area (Å²) in [6, 6.07) is 12.6. The molecule has 3 heterocycles. The summed E-state index contributed by atoms with van der Waals surface area (Å²) in [5.41, 5.74) is 1.65. The van der Waals surface area contributed by atoms with Crippen LogP contribution in [0.4, 0.5) is 18.9 Å². The molecule has 0 atom stereocenters. The number of carbonyl (C=O) groups is 1. The number of carboxylic acid groups (broad SMARTS) is 1. The van der Waals surface area contributed by atoms with E-state index in [-0.39, 0.29) is 28.8 Å². The van der Waals surface area contributed by atoms with Gasteiger partial charge in [-0.15, -0.1) is 0 Å². The molecule has 0 spiro atoms. The lowest BCUT2D eigenvalue weighted by molar-refractivity contribution is -0.137. The molecular formula is C31H28F3N3O4. The number of carboxylic acids is 1. The number of ether oxygens (including phenoxy) is 1. The number of pyridine rings is 1. The summed E-state index contributed by atoms with van der Waals surface area (Å²) in [4.78, 5) is 17.9. The fraction of sp³-hybridized carbons (Fsp3) is 0.323. The van der Waals surface area contributed by atoms with E-state index in [9.17, 15) is 23.1 Å². The van der Waals surface area contributed by atoms with Gasteiger partial charge >= 0.3 is 12.1 Å². The Balaban J connectivity index is 1.21. The first-order valence-electron chi connectivity index (χ1n) is 13.5. The van der Waals surface area contributed by atoms with Gasteiger partial charge in [0.2, 0.25) is 0 Å². The van der Waals surface area contributed by atoms with Gasteiger partial charge in [-0.3, -0.25) is 0 Å². The van der Waals surface area contributed by atoms with Crippen molar-refractivity contribution in [2.75, 3.05) is 25.1 Å². The molecule has 1 saturated heterocycles. The molecule has 2 aromatic carbocycles. The molecule has 6 rings (SSSR count). The average molecular weight is 564 g/mol. The molecule has 2 aromatic heterocycles. The van der Waals surface area contributed by atoms with Gasteiger partial charge in [0.25, 0.3) is 0 Å². The van der Waals surface area contributed by atoms with E-state index in [1.54, 1.807) is 12.1 Å². The van der Waals surface area contributed by atoms with Crippen LogP contribution in [0.5, 0.6) is 5.75 Å². The van der Waals surface area contributed by atoms with Crippen molar-refractivity contribution in [3.05, 3.63) is 77.2 Å². The largest absolute Gasteiger partial charge is 0.496 e. The van der Waals surface area contributed by atoms with Gasteiger partial charge in [0.05, 0.1) is 18.2 Å². The van der Waals surface area contributed by atoms with E-state index in [0.717, 1.165) is 55.9 Å². The number of methoxy groups -OCH3 is 1. The number of hydrogen-bond donors (Lipinski definition) is 1. The quantitative estimate of drug-likeness (QED) is 0.250. The Kier molecular flexibility index (Phi) is 6.93. The van der Waals surface area contributed by atoms with Crippen LogP contribution in [0.15, 0.2) is 59.1 Å². The minimum atomic E-state index is -4.50. The summed E-state index contributed by atoms with van der Waals surface area (Å²) in [5, 5.41) is 14.2. The minimum Gasteiger partial charge on any atom is -0.496 e. The first-order chi connectivity index (χ1) is 19.7. The Bertz CT molecular complexity index is 1630. The number of aromatic nitrogens is 2. The van der Waals surface area contributed by atoms with Gasteiger partial charge in [0.15, 0.2) is 5.69 Å². The van der Waals surface area contributed by atoms with Crippen molar-refractivity contribution in [1.29, 1.82) is 0 Å². The van der Waals surface area contributed by atoms with Crippen LogP contribution in [0.2, 0.25) is 0 Å². The average Bonchev–Trinajstić information content (AvgIpc) is 3.73. The van der Waals surface area contributed by atoms with E-state index in [0.29, 0.717) is 22.6 Å². The van der Waals surface area contributed by atoms with Crippen molar-refractivity contribution in [2.45, 2.75) is 37.8 Å². The molecule has 10 heteroatoms. The number of anilines is 1. The van der Waals surface area contributed by atoms with Crippen molar-refractivity contribution in [2.24, 2.45) is 5.92 Å². The molecule has 0 amide bonds. The summed E-state index contributed by atoms with van der Waals surface area (Å²) in [7, 11) is 1.50. The van der Waals surface area contributed by atoms with Crippen LogP contribution >= 0.6 is 0 Å². The van der Waals surface area contributed by atoms with E-state index >= 15 is 0 Å². The molecule has 2 aliphatic rings. The molecule has 1 aliphatic heterocycles. The number of rotatable bonds is 7. The highest BCUT2D eigenvalue weighted by Crippen LogP contribution is 2.46. The van der Waals surface area contributed by atoms with Crippen molar-refractivity contribution >= 4 is 28.6 Å². The van der Waals surface area contributed by atoms with E-state index in [1.807, 2.05) is 18.2 Å². The molecule has 1 aliphatic carbocycles. The summed E-state index contributed by atoms with van der Waals surface area (Å²) < 4.78 is 52.3. The third-order valence-corrected chi connectivity index (χ3v) is 7.82. The number of aromatic carboxylic acids is 1. The molecule has 0 bridgehead atoms. The lowest BCUT2D eigenvalue weighted by atomic mass is 9.93. The first-order valence-corrected chi connectivity index (χ1v) is 13.5. The molecule has 0 unspecified atom stereocenters. The highest BCUT2D eigenvalue weighted by molar-refractivity contribution is 5.94. The van der Waals surface area contributed by atoms with Crippen LogP contribution in [0, 0.1) is 5.92 Å².